The monoisotopic (exact) mass is 316 g/mol. The van der Waals surface area contributed by atoms with Gasteiger partial charge in [0.2, 0.25) is 0 Å². The van der Waals surface area contributed by atoms with Crippen molar-refractivity contribution in [3.63, 3.8) is 0 Å². The summed E-state index contributed by atoms with van der Waals surface area (Å²) in [7, 11) is 0. The Labute approximate surface area is 126 Å². The average Bonchev–Trinajstić information content (AvgIpc) is 2.65. The van der Waals surface area contributed by atoms with E-state index in [2.05, 4.69) is 5.10 Å². The number of aliphatic hydroxyl groups is 1. The Morgan fingerprint density at radius 2 is 2.05 bits per heavy atom. The van der Waals surface area contributed by atoms with E-state index in [-0.39, 0.29) is 11.4 Å². The molecule has 0 aliphatic heterocycles. The number of hydrogen-bond donors (Lipinski definition) is 1. The van der Waals surface area contributed by atoms with Crippen molar-refractivity contribution in [2.75, 3.05) is 0 Å². The second-order valence-electron chi connectivity index (χ2n) is 4.58. The number of benzene rings is 1. The van der Waals surface area contributed by atoms with E-state index >= 15 is 0 Å². The first-order chi connectivity index (χ1) is 9.42. The summed E-state index contributed by atoms with van der Waals surface area (Å²) in [6.45, 7) is 4.40. The molecule has 0 spiro atoms. The van der Waals surface area contributed by atoms with Gasteiger partial charge < -0.3 is 5.11 Å². The maximum Gasteiger partial charge on any atom is 0.125 e. The number of aromatic nitrogens is 2. The molecule has 20 heavy (non-hydrogen) atoms. The molecule has 108 valence electrons. The van der Waals surface area contributed by atoms with Crippen LogP contribution in [0.5, 0.6) is 0 Å². The summed E-state index contributed by atoms with van der Waals surface area (Å²) in [5.74, 6) is -0.474. The van der Waals surface area contributed by atoms with Crippen LogP contribution in [-0.4, -0.2) is 14.9 Å². The van der Waals surface area contributed by atoms with Gasteiger partial charge in [-0.2, -0.15) is 5.10 Å². The molecule has 0 saturated carbocycles. The Hall–Kier alpha value is -1.10. The maximum atomic E-state index is 13.3. The van der Waals surface area contributed by atoms with Crippen molar-refractivity contribution in [1.82, 2.24) is 9.78 Å². The zero-order valence-electron chi connectivity index (χ0n) is 11.2. The second-order valence-corrected chi connectivity index (χ2v) is 5.40. The van der Waals surface area contributed by atoms with Gasteiger partial charge in [0.05, 0.1) is 22.5 Å². The second kappa shape index (κ2) is 6.12. The summed E-state index contributed by atoms with van der Waals surface area (Å²) in [5.41, 5.74) is 1.88. The first-order valence-corrected chi connectivity index (χ1v) is 7.03. The largest absolute Gasteiger partial charge is 0.388 e. The highest BCUT2D eigenvalue weighted by atomic mass is 35.5. The van der Waals surface area contributed by atoms with Crippen LogP contribution in [0, 0.1) is 12.7 Å². The van der Waals surface area contributed by atoms with Gasteiger partial charge >= 0.3 is 0 Å². The number of nitrogens with zero attached hydrogens (tertiary/aromatic N) is 2. The Balaban J connectivity index is 2.29. The molecule has 1 heterocycles. The zero-order valence-corrected chi connectivity index (χ0v) is 12.7. The van der Waals surface area contributed by atoms with E-state index < -0.39 is 11.9 Å². The van der Waals surface area contributed by atoms with Crippen LogP contribution >= 0.6 is 23.2 Å². The minimum atomic E-state index is -0.887. The minimum Gasteiger partial charge on any atom is -0.388 e. The lowest BCUT2D eigenvalue weighted by molar-refractivity contribution is 0.175. The lowest BCUT2D eigenvalue weighted by atomic mass is 10.0. The molecular weight excluding hydrogens is 302 g/mol. The van der Waals surface area contributed by atoms with Crippen molar-refractivity contribution < 1.29 is 9.50 Å². The molecule has 0 aliphatic rings. The van der Waals surface area contributed by atoms with Crippen LogP contribution in [0.25, 0.3) is 0 Å². The molecule has 2 aromatic rings. The van der Waals surface area contributed by atoms with Gasteiger partial charge in [-0.3, -0.25) is 4.68 Å². The van der Waals surface area contributed by atoms with Gasteiger partial charge in [0.25, 0.3) is 0 Å². The SMILES string of the molecule is CCn1nc(C)c(Cl)c1CC(O)c1cc(F)cc(Cl)c1. The van der Waals surface area contributed by atoms with Crippen molar-refractivity contribution in [2.45, 2.75) is 32.9 Å². The zero-order chi connectivity index (χ0) is 14.9. The first kappa shape index (κ1) is 15.3. The van der Waals surface area contributed by atoms with Crippen LogP contribution in [-0.2, 0) is 13.0 Å². The van der Waals surface area contributed by atoms with Crippen molar-refractivity contribution in [3.8, 4) is 0 Å². The molecule has 3 nitrogen and oxygen atoms in total. The highest BCUT2D eigenvalue weighted by Crippen LogP contribution is 2.27. The fraction of sp³-hybridized carbons (Fsp3) is 0.357. The summed E-state index contributed by atoms with van der Waals surface area (Å²) in [6, 6.07) is 4.01. The van der Waals surface area contributed by atoms with Crippen LogP contribution in [0.3, 0.4) is 0 Å². The van der Waals surface area contributed by atoms with E-state index in [1.807, 2.05) is 13.8 Å². The molecule has 0 bridgehead atoms. The van der Waals surface area contributed by atoms with Crippen molar-refractivity contribution in [1.29, 1.82) is 0 Å². The molecule has 0 saturated heterocycles. The standard InChI is InChI=1S/C14H15Cl2FN2O/c1-3-19-12(14(16)8(2)18-19)7-13(20)9-4-10(15)6-11(17)5-9/h4-6,13,20H,3,7H2,1-2H3. The molecular formula is C14H15Cl2FN2O. The van der Waals surface area contributed by atoms with E-state index in [0.717, 1.165) is 5.69 Å². The first-order valence-electron chi connectivity index (χ1n) is 6.28. The van der Waals surface area contributed by atoms with Crippen LogP contribution in [0.4, 0.5) is 4.39 Å². The number of rotatable bonds is 4. The van der Waals surface area contributed by atoms with Gasteiger partial charge in [0.15, 0.2) is 0 Å². The number of hydrogen-bond acceptors (Lipinski definition) is 2. The number of aryl methyl sites for hydroxylation is 2. The normalized spacial score (nSPS) is 12.7. The van der Waals surface area contributed by atoms with Gasteiger partial charge in [-0.1, -0.05) is 23.2 Å². The third-order valence-corrected chi connectivity index (χ3v) is 3.82. The van der Waals surface area contributed by atoms with Crippen LogP contribution < -0.4 is 0 Å². The Morgan fingerprint density at radius 1 is 1.35 bits per heavy atom. The van der Waals surface area contributed by atoms with Gasteiger partial charge in [0, 0.05) is 18.0 Å². The molecule has 0 fully saturated rings. The fourth-order valence-corrected chi connectivity index (χ4v) is 2.58. The average molecular weight is 317 g/mol. The minimum absolute atomic E-state index is 0.255. The van der Waals surface area contributed by atoms with Crippen LogP contribution in [0.1, 0.15) is 30.0 Å². The molecule has 1 aromatic heterocycles. The van der Waals surface area contributed by atoms with E-state index in [1.165, 1.54) is 12.1 Å². The van der Waals surface area contributed by atoms with Crippen molar-refractivity contribution >= 4 is 23.2 Å². The fourth-order valence-electron chi connectivity index (χ4n) is 2.13. The molecule has 1 N–H and O–H groups in total. The van der Waals surface area contributed by atoms with Crippen LogP contribution in [0.2, 0.25) is 10.0 Å². The van der Waals surface area contributed by atoms with Crippen LogP contribution in [0.15, 0.2) is 18.2 Å². The highest BCUT2D eigenvalue weighted by molar-refractivity contribution is 6.32. The Morgan fingerprint density at radius 3 is 2.65 bits per heavy atom. The maximum absolute atomic E-state index is 13.3. The quantitative estimate of drug-likeness (QED) is 0.928. The van der Waals surface area contributed by atoms with Crippen molar-refractivity contribution in [3.05, 3.63) is 51.0 Å². The van der Waals surface area contributed by atoms with E-state index in [1.54, 1.807) is 10.7 Å². The summed E-state index contributed by atoms with van der Waals surface area (Å²) >= 11 is 12.0. The van der Waals surface area contributed by atoms with E-state index in [4.69, 9.17) is 23.2 Å². The lowest BCUT2D eigenvalue weighted by Crippen LogP contribution is -2.09. The predicted octanol–water partition coefficient (Wildman–Crippen LogP) is 3.93. The highest BCUT2D eigenvalue weighted by Gasteiger charge is 2.18. The molecule has 0 aliphatic carbocycles. The number of aliphatic hydroxyl groups excluding tert-OH is 1. The van der Waals surface area contributed by atoms with Gasteiger partial charge in [-0.25, -0.2) is 4.39 Å². The summed E-state index contributed by atoms with van der Waals surface area (Å²) in [4.78, 5) is 0. The smallest absolute Gasteiger partial charge is 0.125 e. The summed E-state index contributed by atoms with van der Waals surface area (Å²) in [6.07, 6.45) is -0.630. The lowest BCUT2D eigenvalue weighted by Gasteiger charge is -2.13. The van der Waals surface area contributed by atoms with Gasteiger partial charge in [-0.15, -0.1) is 0 Å². The number of halogens is 3. The van der Waals surface area contributed by atoms with Crippen molar-refractivity contribution in [2.24, 2.45) is 0 Å². The molecule has 1 aromatic carbocycles. The van der Waals surface area contributed by atoms with Gasteiger partial charge in [0.1, 0.15) is 5.82 Å². The molecule has 0 radical (unpaired) electrons. The molecule has 6 heteroatoms. The molecule has 0 amide bonds. The Kier molecular flexibility index (Phi) is 4.68. The summed E-state index contributed by atoms with van der Waals surface area (Å²) < 4.78 is 15.1. The third kappa shape index (κ3) is 3.14. The molecule has 1 unspecified atom stereocenters. The molecule has 2 rings (SSSR count). The van der Waals surface area contributed by atoms with E-state index in [0.29, 0.717) is 22.8 Å². The van der Waals surface area contributed by atoms with Gasteiger partial charge in [-0.05, 0) is 37.6 Å². The summed E-state index contributed by atoms with van der Waals surface area (Å²) in [5, 5.41) is 15.3. The van der Waals surface area contributed by atoms with E-state index in [9.17, 15) is 9.50 Å². The molecule has 1 atom stereocenters. The third-order valence-electron chi connectivity index (χ3n) is 3.11. The predicted molar refractivity (Wildman–Crippen MR) is 77.7 cm³/mol. The topological polar surface area (TPSA) is 38.0 Å². The Bertz CT molecular complexity index is 608.